The Kier molecular flexibility index (Phi) is 3.85. The fraction of sp³-hybridized carbons (Fsp3) is 0.300. The fourth-order valence-corrected chi connectivity index (χ4v) is 2.03. The predicted octanol–water partition coefficient (Wildman–Crippen LogP) is 1.11. The molecule has 0 saturated carbocycles. The zero-order chi connectivity index (χ0) is 11.4. The molecule has 15 heavy (non-hydrogen) atoms. The van der Waals surface area contributed by atoms with Crippen LogP contribution in [0.1, 0.15) is 12.5 Å². The predicted molar refractivity (Wildman–Crippen MR) is 57.1 cm³/mol. The molecule has 0 aliphatic heterocycles. The molecule has 0 aromatic heterocycles. The number of benzene rings is 1. The van der Waals surface area contributed by atoms with E-state index in [-0.39, 0.29) is 11.5 Å². The van der Waals surface area contributed by atoms with E-state index in [2.05, 4.69) is 0 Å². The van der Waals surface area contributed by atoms with Crippen molar-refractivity contribution >= 4 is 16.8 Å². The van der Waals surface area contributed by atoms with Crippen molar-refractivity contribution in [2.45, 2.75) is 17.9 Å². The summed E-state index contributed by atoms with van der Waals surface area (Å²) < 4.78 is 11.5. The van der Waals surface area contributed by atoms with E-state index in [0.29, 0.717) is 5.56 Å². The summed E-state index contributed by atoms with van der Waals surface area (Å²) in [5.41, 5.74) is 0.668. The zero-order valence-corrected chi connectivity index (χ0v) is 9.03. The van der Waals surface area contributed by atoms with Crippen LogP contribution >= 0.6 is 0 Å². The average molecular weight is 228 g/mol. The van der Waals surface area contributed by atoms with Crippen LogP contribution in [-0.2, 0) is 21.3 Å². The van der Waals surface area contributed by atoms with E-state index in [9.17, 15) is 9.00 Å². The van der Waals surface area contributed by atoms with E-state index in [4.69, 9.17) is 10.2 Å². The third-order valence-electron chi connectivity index (χ3n) is 1.96. The minimum atomic E-state index is -1.46. The summed E-state index contributed by atoms with van der Waals surface area (Å²) in [4.78, 5) is 10.6. The molecule has 2 unspecified atom stereocenters. The molecule has 0 fully saturated rings. The van der Waals surface area contributed by atoms with Gasteiger partial charge < -0.3 is 10.2 Å². The Morgan fingerprint density at radius 1 is 1.53 bits per heavy atom. The molecule has 0 heterocycles. The lowest BCUT2D eigenvalue weighted by molar-refractivity contribution is -0.136. The Balaban J connectivity index is 2.70. The lowest BCUT2D eigenvalue weighted by Crippen LogP contribution is -2.22. The highest BCUT2D eigenvalue weighted by Gasteiger charge is 2.18. The molecule has 1 aromatic carbocycles. The number of carboxylic acid groups (broad SMARTS) is 1. The molecule has 0 radical (unpaired) electrons. The molecule has 0 bridgehead atoms. The van der Waals surface area contributed by atoms with Gasteiger partial charge in [0.15, 0.2) is 0 Å². The summed E-state index contributed by atoms with van der Waals surface area (Å²) in [5, 5.41) is 16.9. The Hall–Kier alpha value is -1.36. The quantitative estimate of drug-likeness (QED) is 0.809. The number of hydrogen-bond acceptors (Lipinski definition) is 3. The minimum Gasteiger partial charge on any atom is -0.508 e. The van der Waals surface area contributed by atoms with Crippen molar-refractivity contribution in [2.75, 3.05) is 0 Å². The lowest BCUT2D eigenvalue weighted by Gasteiger charge is -2.06. The summed E-state index contributed by atoms with van der Waals surface area (Å²) in [6, 6.07) is 6.32. The first-order valence-electron chi connectivity index (χ1n) is 4.38. The molecule has 0 aliphatic rings. The molecule has 1 aromatic rings. The Bertz CT molecular complexity index is 389. The van der Waals surface area contributed by atoms with E-state index in [1.54, 1.807) is 12.1 Å². The maximum atomic E-state index is 11.5. The van der Waals surface area contributed by atoms with Crippen LogP contribution in [0.2, 0.25) is 0 Å². The van der Waals surface area contributed by atoms with E-state index < -0.39 is 22.0 Å². The Morgan fingerprint density at radius 2 is 2.20 bits per heavy atom. The van der Waals surface area contributed by atoms with Gasteiger partial charge in [-0.25, -0.2) is 0 Å². The third kappa shape index (κ3) is 3.36. The van der Waals surface area contributed by atoms with Crippen molar-refractivity contribution in [1.29, 1.82) is 0 Å². The largest absolute Gasteiger partial charge is 0.508 e. The van der Waals surface area contributed by atoms with E-state index in [1.807, 2.05) is 0 Å². The molecule has 0 saturated heterocycles. The minimum absolute atomic E-state index is 0.0903. The Morgan fingerprint density at radius 3 is 2.73 bits per heavy atom. The van der Waals surface area contributed by atoms with Gasteiger partial charge in [0.2, 0.25) is 0 Å². The zero-order valence-electron chi connectivity index (χ0n) is 8.21. The van der Waals surface area contributed by atoms with Crippen LogP contribution in [0.25, 0.3) is 0 Å². The van der Waals surface area contributed by atoms with Crippen LogP contribution in [-0.4, -0.2) is 25.6 Å². The Labute approximate surface area is 90.0 Å². The van der Waals surface area contributed by atoms with Gasteiger partial charge in [0.25, 0.3) is 0 Å². The van der Waals surface area contributed by atoms with E-state index in [1.165, 1.54) is 19.1 Å². The maximum Gasteiger partial charge on any atom is 0.318 e. The maximum absolute atomic E-state index is 11.5. The number of phenols is 1. The van der Waals surface area contributed by atoms with Gasteiger partial charge in [-0.1, -0.05) is 12.1 Å². The smallest absolute Gasteiger partial charge is 0.318 e. The number of rotatable bonds is 4. The van der Waals surface area contributed by atoms with Gasteiger partial charge >= 0.3 is 5.97 Å². The molecular formula is C10H12O4S. The van der Waals surface area contributed by atoms with Crippen molar-refractivity contribution in [2.24, 2.45) is 0 Å². The summed E-state index contributed by atoms with van der Waals surface area (Å²) in [5.74, 6) is -0.844. The highest BCUT2D eigenvalue weighted by atomic mass is 32.2. The van der Waals surface area contributed by atoms with Gasteiger partial charge in [0.1, 0.15) is 11.0 Å². The van der Waals surface area contributed by atoms with E-state index >= 15 is 0 Å². The van der Waals surface area contributed by atoms with Crippen LogP contribution in [0.4, 0.5) is 0 Å². The summed E-state index contributed by atoms with van der Waals surface area (Å²) >= 11 is 0. The summed E-state index contributed by atoms with van der Waals surface area (Å²) in [6.45, 7) is 1.40. The van der Waals surface area contributed by atoms with Crippen LogP contribution in [0.3, 0.4) is 0 Å². The van der Waals surface area contributed by atoms with Crippen molar-refractivity contribution < 1.29 is 19.2 Å². The number of phenolic OH excluding ortho intramolecular Hbond substituents is 1. The standard InChI is InChI=1S/C10H12O4S/c1-7(10(12)13)15(14)6-8-3-2-4-9(11)5-8/h2-5,7,11H,6H2,1H3,(H,12,13). The number of aromatic hydroxyl groups is 1. The molecule has 5 heteroatoms. The molecule has 2 N–H and O–H groups in total. The first-order chi connectivity index (χ1) is 7.00. The molecule has 0 spiro atoms. The van der Waals surface area contributed by atoms with Crippen molar-refractivity contribution in [1.82, 2.24) is 0 Å². The SMILES string of the molecule is CC(C(=O)O)S(=O)Cc1cccc(O)c1. The molecule has 1 rings (SSSR count). The van der Waals surface area contributed by atoms with Crippen LogP contribution in [0, 0.1) is 0 Å². The van der Waals surface area contributed by atoms with Crippen LogP contribution in [0.5, 0.6) is 5.75 Å². The van der Waals surface area contributed by atoms with Crippen molar-refractivity contribution in [3.05, 3.63) is 29.8 Å². The summed E-state index contributed by atoms with van der Waals surface area (Å²) in [7, 11) is -1.46. The highest BCUT2D eigenvalue weighted by Crippen LogP contribution is 2.14. The van der Waals surface area contributed by atoms with Crippen LogP contribution < -0.4 is 0 Å². The second-order valence-electron chi connectivity index (χ2n) is 3.18. The number of carboxylic acids is 1. The average Bonchev–Trinajstić information content (AvgIpc) is 2.16. The van der Waals surface area contributed by atoms with Crippen LogP contribution in [0.15, 0.2) is 24.3 Å². The highest BCUT2D eigenvalue weighted by molar-refractivity contribution is 7.85. The second kappa shape index (κ2) is 4.93. The number of carbonyl (C=O) groups is 1. The van der Waals surface area contributed by atoms with E-state index in [0.717, 1.165) is 0 Å². The first kappa shape index (κ1) is 11.7. The fourth-order valence-electron chi connectivity index (χ4n) is 1.05. The van der Waals surface area contributed by atoms with Gasteiger partial charge in [-0.2, -0.15) is 0 Å². The molecule has 0 aliphatic carbocycles. The topological polar surface area (TPSA) is 74.6 Å². The number of aliphatic carboxylic acids is 1. The van der Waals surface area contributed by atoms with Gasteiger partial charge in [0, 0.05) is 16.6 Å². The molecule has 2 atom stereocenters. The molecule has 4 nitrogen and oxygen atoms in total. The third-order valence-corrected chi connectivity index (χ3v) is 3.57. The summed E-state index contributed by atoms with van der Waals surface area (Å²) in [6.07, 6.45) is 0. The van der Waals surface area contributed by atoms with Crippen molar-refractivity contribution in [3.63, 3.8) is 0 Å². The molecule has 82 valence electrons. The lowest BCUT2D eigenvalue weighted by atomic mass is 10.2. The van der Waals surface area contributed by atoms with Gasteiger partial charge in [-0.3, -0.25) is 9.00 Å². The monoisotopic (exact) mass is 228 g/mol. The first-order valence-corrected chi connectivity index (χ1v) is 5.77. The molecule has 0 amide bonds. The van der Waals surface area contributed by atoms with Gasteiger partial charge in [-0.05, 0) is 24.6 Å². The van der Waals surface area contributed by atoms with Gasteiger partial charge in [0.05, 0.1) is 0 Å². The second-order valence-corrected chi connectivity index (χ2v) is 4.93. The molecular weight excluding hydrogens is 216 g/mol. The van der Waals surface area contributed by atoms with Crippen molar-refractivity contribution in [3.8, 4) is 5.75 Å². The normalized spacial score (nSPS) is 14.5. The van der Waals surface area contributed by atoms with Gasteiger partial charge in [-0.15, -0.1) is 0 Å². The number of hydrogen-bond donors (Lipinski definition) is 2.